The molecular formula is C23H20ClFN2OS. The number of rotatable bonds is 4. The summed E-state index contributed by atoms with van der Waals surface area (Å²) < 4.78 is 15.3. The molecule has 0 N–H and O–H groups in total. The minimum atomic E-state index is -0.316. The van der Waals surface area contributed by atoms with E-state index in [1.807, 2.05) is 50.4 Å². The number of hydrogen-bond acceptors (Lipinski definition) is 3. The van der Waals surface area contributed by atoms with Gasteiger partial charge in [-0.15, -0.1) is 11.3 Å². The first kappa shape index (κ1) is 19.8. The molecule has 0 atom stereocenters. The van der Waals surface area contributed by atoms with E-state index >= 15 is 0 Å². The Bertz CT molecular complexity index is 1280. The SMILES string of the molecule is Cc1cc(-c2csc3nc(C(C)C)n(Cc4cccc(F)c4)c(=O)c23)ccc1Cl. The summed E-state index contributed by atoms with van der Waals surface area (Å²) in [5.41, 5.74) is 3.37. The van der Waals surface area contributed by atoms with Crippen molar-refractivity contribution in [1.82, 2.24) is 9.55 Å². The topological polar surface area (TPSA) is 34.9 Å². The molecule has 0 aliphatic carbocycles. The first-order valence-corrected chi connectivity index (χ1v) is 10.6. The molecule has 6 heteroatoms. The molecule has 0 aliphatic rings. The second-order valence-electron chi connectivity index (χ2n) is 7.44. The van der Waals surface area contributed by atoms with Crippen molar-refractivity contribution in [3.8, 4) is 11.1 Å². The fraction of sp³-hybridized carbons (Fsp3) is 0.217. The first-order valence-electron chi connectivity index (χ1n) is 9.38. The maximum atomic E-state index is 13.7. The Balaban J connectivity index is 1.94. The highest BCUT2D eigenvalue weighted by molar-refractivity contribution is 7.17. The fourth-order valence-electron chi connectivity index (χ4n) is 3.48. The van der Waals surface area contributed by atoms with E-state index in [-0.39, 0.29) is 23.8 Å². The summed E-state index contributed by atoms with van der Waals surface area (Å²) in [6.07, 6.45) is 0. The van der Waals surface area contributed by atoms with Crippen molar-refractivity contribution in [2.24, 2.45) is 0 Å². The van der Waals surface area contributed by atoms with Crippen LogP contribution in [0.2, 0.25) is 5.02 Å². The van der Waals surface area contributed by atoms with E-state index in [0.717, 1.165) is 27.1 Å². The highest BCUT2D eigenvalue weighted by Gasteiger charge is 2.19. The molecule has 0 saturated heterocycles. The number of hydrogen-bond donors (Lipinski definition) is 0. The lowest BCUT2D eigenvalue weighted by Gasteiger charge is -2.15. The van der Waals surface area contributed by atoms with Gasteiger partial charge in [-0.2, -0.15) is 0 Å². The molecule has 148 valence electrons. The molecule has 0 spiro atoms. The summed E-state index contributed by atoms with van der Waals surface area (Å²) in [5.74, 6) is 0.444. The summed E-state index contributed by atoms with van der Waals surface area (Å²) in [4.78, 5) is 19.1. The standard InChI is InChI=1S/C23H20ClFN2OS/c1-13(2)21-26-22-20(18(12-29-22)16-7-8-19(24)14(3)9-16)23(28)27(21)11-15-5-4-6-17(25)10-15/h4-10,12-13H,11H2,1-3H3. The molecule has 2 aromatic carbocycles. The van der Waals surface area contributed by atoms with Gasteiger partial charge in [-0.1, -0.05) is 43.6 Å². The Morgan fingerprint density at radius 1 is 1.21 bits per heavy atom. The molecule has 0 fully saturated rings. The minimum absolute atomic E-state index is 0.0592. The third-order valence-electron chi connectivity index (χ3n) is 4.94. The molecule has 3 nitrogen and oxygen atoms in total. The van der Waals surface area contributed by atoms with Gasteiger partial charge in [0.1, 0.15) is 16.5 Å². The van der Waals surface area contributed by atoms with E-state index in [1.54, 1.807) is 10.6 Å². The van der Waals surface area contributed by atoms with Crippen LogP contribution in [0.1, 0.15) is 36.7 Å². The van der Waals surface area contributed by atoms with Gasteiger partial charge in [0, 0.05) is 21.9 Å². The maximum Gasteiger partial charge on any atom is 0.263 e. The normalized spacial score (nSPS) is 11.5. The number of thiophene rings is 1. The van der Waals surface area contributed by atoms with E-state index in [1.165, 1.54) is 23.5 Å². The summed E-state index contributed by atoms with van der Waals surface area (Å²) in [6.45, 7) is 6.24. The van der Waals surface area contributed by atoms with Crippen LogP contribution in [-0.4, -0.2) is 9.55 Å². The molecule has 0 bridgehead atoms. The van der Waals surface area contributed by atoms with Crippen molar-refractivity contribution in [2.75, 3.05) is 0 Å². The lowest BCUT2D eigenvalue weighted by Crippen LogP contribution is -2.26. The lowest BCUT2D eigenvalue weighted by atomic mass is 10.0. The van der Waals surface area contributed by atoms with Gasteiger partial charge in [0.05, 0.1) is 11.9 Å². The number of aryl methyl sites for hydroxylation is 1. The van der Waals surface area contributed by atoms with E-state index in [4.69, 9.17) is 16.6 Å². The number of halogens is 2. The predicted molar refractivity (Wildman–Crippen MR) is 119 cm³/mol. The molecule has 2 aromatic heterocycles. The Morgan fingerprint density at radius 3 is 2.69 bits per heavy atom. The molecule has 29 heavy (non-hydrogen) atoms. The number of fused-ring (bicyclic) bond motifs is 1. The van der Waals surface area contributed by atoms with Gasteiger partial charge >= 0.3 is 0 Å². The fourth-order valence-corrected chi connectivity index (χ4v) is 4.54. The number of aromatic nitrogens is 2. The van der Waals surface area contributed by atoms with Crippen LogP contribution in [-0.2, 0) is 6.54 Å². The zero-order valence-electron chi connectivity index (χ0n) is 16.4. The van der Waals surface area contributed by atoms with Crippen LogP contribution in [0.25, 0.3) is 21.3 Å². The molecule has 4 aromatic rings. The summed E-state index contributed by atoms with van der Waals surface area (Å²) in [6, 6.07) is 12.1. The third kappa shape index (κ3) is 3.72. The monoisotopic (exact) mass is 426 g/mol. The second-order valence-corrected chi connectivity index (χ2v) is 8.70. The number of nitrogens with zero attached hydrogens (tertiary/aromatic N) is 2. The highest BCUT2D eigenvalue weighted by atomic mass is 35.5. The van der Waals surface area contributed by atoms with Crippen molar-refractivity contribution in [3.63, 3.8) is 0 Å². The Hall–Kier alpha value is -2.50. The molecule has 4 rings (SSSR count). The van der Waals surface area contributed by atoms with Crippen LogP contribution < -0.4 is 5.56 Å². The third-order valence-corrected chi connectivity index (χ3v) is 6.23. The van der Waals surface area contributed by atoms with Gasteiger partial charge in [0.2, 0.25) is 0 Å². The van der Waals surface area contributed by atoms with Crippen molar-refractivity contribution in [2.45, 2.75) is 33.2 Å². The van der Waals surface area contributed by atoms with E-state index in [2.05, 4.69) is 0 Å². The molecular weight excluding hydrogens is 407 g/mol. The van der Waals surface area contributed by atoms with Crippen molar-refractivity contribution >= 4 is 33.2 Å². The van der Waals surface area contributed by atoms with Crippen LogP contribution in [0.3, 0.4) is 0 Å². The summed E-state index contributed by atoms with van der Waals surface area (Å²) in [7, 11) is 0. The quantitative estimate of drug-likeness (QED) is 0.378. The predicted octanol–water partition coefficient (Wildman–Crippen LogP) is 6.40. The minimum Gasteiger partial charge on any atom is -0.291 e. The van der Waals surface area contributed by atoms with Gasteiger partial charge in [-0.25, -0.2) is 9.37 Å². The Kier molecular flexibility index (Phi) is 5.28. The van der Waals surface area contributed by atoms with Crippen LogP contribution in [0.5, 0.6) is 0 Å². The molecule has 0 radical (unpaired) electrons. The molecule has 0 aliphatic heterocycles. The average Bonchev–Trinajstić information content (AvgIpc) is 3.10. The molecule has 0 amide bonds. The van der Waals surface area contributed by atoms with Crippen molar-refractivity contribution in [3.05, 3.63) is 86.0 Å². The molecule has 2 heterocycles. The van der Waals surface area contributed by atoms with Crippen LogP contribution >= 0.6 is 22.9 Å². The summed E-state index contributed by atoms with van der Waals surface area (Å²) in [5, 5.41) is 3.26. The van der Waals surface area contributed by atoms with Gasteiger partial charge < -0.3 is 0 Å². The Morgan fingerprint density at radius 2 is 2.00 bits per heavy atom. The van der Waals surface area contributed by atoms with Crippen LogP contribution in [0.15, 0.2) is 52.6 Å². The van der Waals surface area contributed by atoms with Gasteiger partial charge in [-0.3, -0.25) is 9.36 Å². The smallest absolute Gasteiger partial charge is 0.263 e. The Labute approximate surface area is 177 Å². The average molecular weight is 427 g/mol. The van der Waals surface area contributed by atoms with E-state index in [0.29, 0.717) is 16.2 Å². The van der Waals surface area contributed by atoms with E-state index in [9.17, 15) is 9.18 Å². The van der Waals surface area contributed by atoms with Gasteiger partial charge in [-0.05, 0) is 47.9 Å². The van der Waals surface area contributed by atoms with Gasteiger partial charge in [0.15, 0.2) is 0 Å². The molecule has 0 saturated carbocycles. The van der Waals surface area contributed by atoms with Crippen molar-refractivity contribution < 1.29 is 4.39 Å². The zero-order chi connectivity index (χ0) is 20.7. The number of benzene rings is 2. The maximum absolute atomic E-state index is 13.7. The lowest BCUT2D eigenvalue weighted by molar-refractivity contribution is 0.612. The summed E-state index contributed by atoms with van der Waals surface area (Å²) >= 11 is 7.63. The van der Waals surface area contributed by atoms with Crippen LogP contribution in [0, 0.1) is 12.7 Å². The van der Waals surface area contributed by atoms with Gasteiger partial charge in [0.25, 0.3) is 5.56 Å². The van der Waals surface area contributed by atoms with Crippen LogP contribution in [0.4, 0.5) is 4.39 Å². The van der Waals surface area contributed by atoms with E-state index < -0.39 is 0 Å². The second kappa shape index (κ2) is 7.73. The first-order chi connectivity index (χ1) is 13.8. The molecule has 0 unspecified atom stereocenters. The largest absolute Gasteiger partial charge is 0.291 e. The highest BCUT2D eigenvalue weighted by Crippen LogP contribution is 2.33. The zero-order valence-corrected chi connectivity index (χ0v) is 17.9. The van der Waals surface area contributed by atoms with Crippen molar-refractivity contribution in [1.29, 1.82) is 0 Å².